The van der Waals surface area contributed by atoms with Crippen LogP contribution in [0.25, 0.3) is 11.1 Å². The van der Waals surface area contributed by atoms with Crippen LogP contribution >= 0.6 is 0 Å². The Morgan fingerprint density at radius 3 is 2.32 bits per heavy atom. The van der Waals surface area contributed by atoms with Crippen LogP contribution in [0, 0.1) is 6.92 Å². The molecule has 0 aliphatic heterocycles. The number of pyridine rings is 1. The highest BCUT2D eigenvalue weighted by Crippen LogP contribution is 2.30. The molecule has 190 valence electrons. The zero-order valence-electron chi connectivity index (χ0n) is 20.7. The molecule has 0 saturated heterocycles. The Hall–Kier alpha value is -4.17. The van der Waals surface area contributed by atoms with Gasteiger partial charge in [-0.15, -0.1) is 0 Å². The van der Waals surface area contributed by atoms with Gasteiger partial charge in [-0.05, 0) is 61.2 Å². The van der Waals surface area contributed by atoms with Gasteiger partial charge < -0.3 is 10.1 Å². The molecule has 2 amide bonds. The number of carbonyl (C=O) groups excluding carboxylic acids is 1. The van der Waals surface area contributed by atoms with E-state index in [1.165, 1.54) is 6.07 Å². The summed E-state index contributed by atoms with van der Waals surface area (Å²) in [5.74, 6) is 0.761. The number of rotatable bonds is 9. The largest absolute Gasteiger partial charge is 0.494 e. The molecule has 0 unspecified atom stereocenters. The van der Waals surface area contributed by atoms with E-state index in [9.17, 15) is 13.2 Å². The first-order valence-electron chi connectivity index (χ1n) is 12.0. The summed E-state index contributed by atoms with van der Waals surface area (Å²) in [7, 11) is -4.06. The van der Waals surface area contributed by atoms with E-state index in [1.54, 1.807) is 31.3 Å². The number of nitrogens with zero attached hydrogens (tertiary/aromatic N) is 1. The molecular weight excluding hydrogens is 486 g/mol. The second-order valence-electron chi connectivity index (χ2n) is 8.48. The maximum absolute atomic E-state index is 13.0. The standard InChI is InChI=1S/C29H29N3O4S/c1-3-36-24-17-15-23(16-18-24)25-13-9-19-30-28(25)26(20-22-11-5-4-6-12-22)31-29(33)32-37(34,35)27-14-8-7-10-21(27)2/h4-19,26H,3,20H2,1-2H3,(H2,31,32,33)/t26-/m0/s1. The van der Waals surface area contributed by atoms with E-state index in [1.807, 2.05) is 73.7 Å². The van der Waals surface area contributed by atoms with Gasteiger partial charge in [0.15, 0.2) is 0 Å². The Labute approximate surface area is 217 Å². The summed E-state index contributed by atoms with van der Waals surface area (Å²) in [5.41, 5.74) is 3.87. The molecule has 7 nitrogen and oxygen atoms in total. The second-order valence-corrected chi connectivity index (χ2v) is 10.1. The zero-order valence-corrected chi connectivity index (χ0v) is 21.5. The van der Waals surface area contributed by atoms with Crippen LogP contribution < -0.4 is 14.8 Å². The van der Waals surface area contributed by atoms with Crippen molar-refractivity contribution >= 4 is 16.1 Å². The molecule has 37 heavy (non-hydrogen) atoms. The van der Waals surface area contributed by atoms with Gasteiger partial charge in [0.2, 0.25) is 0 Å². The summed E-state index contributed by atoms with van der Waals surface area (Å²) < 4.78 is 33.5. The molecule has 0 spiro atoms. The lowest BCUT2D eigenvalue weighted by atomic mass is 9.95. The number of ether oxygens (including phenoxy) is 1. The van der Waals surface area contributed by atoms with Crippen molar-refractivity contribution in [1.29, 1.82) is 0 Å². The van der Waals surface area contributed by atoms with Crippen LogP contribution in [0.15, 0.2) is 102 Å². The number of hydrogen-bond donors (Lipinski definition) is 2. The lowest BCUT2D eigenvalue weighted by molar-refractivity contribution is 0.242. The summed E-state index contributed by atoms with van der Waals surface area (Å²) in [6.07, 6.45) is 2.08. The predicted molar refractivity (Wildman–Crippen MR) is 144 cm³/mol. The van der Waals surface area contributed by atoms with Gasteiger partial charge in [0.25, 0.3) is 10.0 Å². The third-order valence-corrected chi connectivity index (χ3v) is 7.33. The van der Waals surface area contributed by atoms with E-state index < -0.39 is 22.1 Å². The highest BCUT2D eigenvalue weighted by Gasteiger charge is 2.24. The first kappa shape index (κ1) is 25.9. The predicted octanol–water partition coefficient (Wildman–Crippen LogP) is 5.43. The highest BCUT2D eigenvalue weighted by molar-refractivity contribution is 7.90. The van der Waals surface area contributed by atoms with Gasteiger partial charge in [-0.25, -0.2) is 17.9 Å². The van der Waals surface area contributed by atoms with Gasteiger partial charge in [-0.3, -0.25) is 4.98 Å². The summed E-state index contributed by atoms with van der Waals surface area (Å²) in [6.45, 7) is 4.18. The lowest BCUT2D eigenvalue weighted by Gasteiger charge is -2.22. The quantitative estimate of drug-likeness (QED) is 0.310. The molecule has 1 aromatic heterocycles. The summed E-state index contributed by atoms with van der Waals surface area (Å²) in [4.78, 5) is 17.7. The fraction of sp³-hybridized carbons (Fsp3) is 0.172. The Bertz CT molecular complexity index is 1460. The number of benzene rings is 3. The molecule has 4 aromatic rings. The average Bonchev–Trinajstić information content (AvgIpc) is 2.89. The van der Waals surface area contributed by atoms with Crippen molar-refractivity contribution < 1.29 is 17.9 Å². The molecule has 8 heteroatoms. The van der Waals surface area contributed by atoms with Crippen molar-refractivity contribution in [2.75, 3.05) is 6.61 Å². The molecule has 0 aliphatic rings. The summed E-state index contributed by atoms with van der Waals surface area (Å²) in [5, 5.41) is 2.85. The molecule has 1 heterocycles. The van der Waals surface area contributed by atoms with Crippen molar-refractivity contribution in [3.63, 3.8) is 0 Å². The van der Waals surface area contributed by atoms with Gasteiger partial charge in [-0.2, -0.15) is 0 Å². The summed E-state index contributed by atoms with van der Waals surface area (Å²) >= 11 is 0. The third-order valence-electron chi connectivity index (χ3n) is 5.84. The molecule has 0 aliphatic carbocycles. The van der Waals surface area contributed by atoms with Crippen molar-refractivity contribution in [3.05, 3.63) is 114 Å². The molecule has 0 fully saturated rings. The van der Waals surface area contributed by atoms with Crippen LogP contribution in [0.1, 0.15) is 29.8 Å². The van der Waals surface area contributed by atoms with E-state index in [0.29, 0.717) is 24.3 Å². The zero-order chi connectivity index (χ0) is 26.3. The Morgan fingerprint density at radius 2 is 1.62 bits per heavy atom. The number of sulfonamides is 1. The van der Waals surface area contributed by atoms with Crippen LogP contribution in [0.2, 0.25) is 0 Å². The number of carbonyl (C=O) groups is 1. The minimum Gasteiger partial charge on any atom is -0.494 e. The monoisotopic (exact) mass is 515 g/mol. The number of urea groups is 1. The second kappa shape index (κ2) is 11.7. The van der Waals surface area contributed by atoms with Crippen molar-refractivity contribution in [1.82, 2.24) is 15.0 Å². The van der Waals surface area contributed by atoms with Crippen LogP contribution in [-0.2, 0) is 16.4 Å². The average molecular weight is 516 g/mol. The maximum atomic E-state index is 13.0. The Kier molecular flexibility index (Phi) is 8.20. The number of aromatic nitrogens is 1. The Balaban J connectivity index is 1.65. The first-order chi connectivity index (χ1) is 17.9. The minimum absolute atomic E-state index is 0.0534. The maximum Gasteiger partial charge on any atom is 0.329 e. The number of hydrogen-bond acceptors (Lipinski definition) is 5. The Morgan fingerprint density at radius 1 is 0.919 bits per heavy atom. The van der Waals surface area contributed by atoms with E-state index in [0.717, 1.165) is 22.4 Å². The molecule has 0 radical (unpaired) electrons. The molecule has 0 saturated carbocycles. The molecular formula is C29H29N3O4S. The van der Waals surface area contributed by atoms with E-state index in [4.69, 9.17) is 4.74 Å². The number of amides is 2. The molecule has 1 atom stereocenters. The van der Waals surface area contributed by atoms with Gasteiger partial charge in [0.05, 0.1) is 23.2 Å². The lowest BCUT2D eigenvalue weighted by Crippen LogP contribution is -2.42. The van der Waals surface area contributed by atoms with E-state index >= 15 is 0 Å². The fourth-order valence-corrected chi connectivity index (χ4v) is 5.29. The van der Waals surface area contributed by atoms with Crippen LogP contribution in [-0.4, -0.2) is 26.0 Å². The number of aryl methyl sites for hydroxylation is 1. The topological polar surface area (TPSA) is 97.4 Å². The fourth-order valence-electron chi connectivity index (χ4n) is 4.13. The van der Waals surface area contributed by atoms with Gasteiger partial charge >= 0.3 is 6.03 Å². The van der Waals surface area contributed by atoms with Crippen LogP contribution in [0.5, 0.6) is 5.75 Å². The van der Waals surface area contributed by atoms with E-state index in [2.05, 4.69) is 15.0 Å². The van der Waals surface area contributed by atoms with Crippen LogP contribution in [0.4, 0.5) is 4.79 Å². The van der Waals surface area contributed by atoms with Gasteiger partial charge in [0.1, 0.15) is 5.75 Å². The van der Waals surface area contributed by atoms with Gasteiger partial charge in [-0.1, -0.05) is 66.7 Å². The SMILES string of the molecule is CCOc1ccc(-c2cccnc2[C@H](Cc2ccccc2)NC(=O)NS(=O)(=O)c2ccccc2C)cc1. The van der Waals surface area contributed by atoms with Gasteiger partial charge in [0, 0.05) is 11.8 Å². The van der Waals surface area contributed by atoms with Crippen LogP contribution in [0.3, 0.4) is 0 Å². The highest BCUT2D eigenvalue weighted by atomic mass is 32.2. The minimum atomic E-state index is -4.06. The van der Waals surface area contributed by atoms with Crippen molar-refractivity contribution in [3.8, 4) is 16.9 Å². The van der Waals surface area contributed by atoms with E-state index in [-0.39, 0.29) is 4.90 Å². The van der Waals surface area contributed by atoms with Crippen molar-refractivity contribution in [2.45, 2.75) is 31.2 Å². The number of nitrogens with one attached hydrogen (secondary N) is 2. The molecule has 4 rings (SSSR count). The normalized spacial score (nSPS) is 11.9. The van der Waals surface area contributed by atoms with Crippen molar-refractivity contribution in [2.24, 2.45) is 0 Å². The smallest absolute Gasteiger partial charge is 0.329 e. The molecule has 2 N–H and O–H groups in total. The first-order valence-corrected chi connectivity index (χ1v) is 13.5. The molecule has 3 aromatic carbocycles. The third kappa shape index (κ3) is 6.54. The molecule has 0 bridgehead atoms. The summed E-state index contributed by atoms with van der Waals surface area (Å²) in [6, 6.07) is 26.2.